The molecule has 0 amide bonds. The number of rotatable bonds is 10. The van der Waals surface area contributed by atoms with Crippen LogP contribution in [0.25, 0.3) is 0 Å². The molecule has 0 aromatic heterocycles. The van der Waals surface area contributed by atoms with Crippen LogP contribution in [0.5, 0.6) is 0 Å². The molecule has 0 saturated carbocycles. The van der Waals surface area contributed by atoms with Gasteiger partial charge in [0.2, 0.25) is 0 Å². The summed E-state index contributed by atoms with van der Waals surface area (Å²) in [6, 6.07) is 0. The number of halogens is 2. The van der Waals surface area contributed by atoms with Gasteiger partial charge in [-0.25, -0.2) is 0 Å². The Morgan fingerprint density at radius 2 is 0.818 bits per heavy atom. The maximum Gasteiger partial charge on any atom is 2.00 e. The van der Waals surface area contributed by atoms with Crippen molar-refractivity contribution in [3.63, 3.8) is 0 Å². The van der Waals surface area contributed by atoms with E-state index >= 15 is 0 Å². The zero-order valence-electron chi connectivity index (χ0n) is 15.6. The van der Waals surface area contributed by atoms with Gasteiger partial charge in [0.1, 0.15) is 0 Å². The van der Waals surface area contributed by atoms with Crippen LogP contribution in [0.1, 0.15) is 55.4 Å². The molecule has 0 atom stereocenters. The molecule has 0 aliphatic heterocycles. The van der Waals surface area contributed by atoms with Gasteiger partial charge >= 0.3 is 17.1 Å². The SMILES string of the molecule is CC(C)P(CCNCCP(C(C)C)C(C)C)C(C)C.[Cl-].[Cl-].[Cu+2]. The molecule has 0 heterocycles. The second-order valence-electron chi connectivity index (χ2n) is 6.60. The minimum Gasteiger partial charge on any atom is -1.00 e. The van der Waals surface area contributed by atoms with Crippen molar-refractivity contribution in [2.24, 2.45) is 0 Å². The Morgan fingerprint density at radius 3 is 1.00 bits per heavy atom. The quantitative estimate of drug-likeness (QED) is 0.266. The van der Waals surface area contributed by atoms with Crippen LogP contribution in [-0.4, -0.2) is 48.0 Å². The third kappa shape index (κ3) is 14.3. The van der Waals surface area contributed by atoms with Crippen LogP contribution in [0.2, 0.25) is 0 Å². The van der Waals surface area contributed by atoms with Gasteiger partial charge in [0.25, 0.3) is 0 Å². The largest absolute Gasteiger partial charge is 2.00 e. The van der Waals surface area contributed by atoms with E-state index in [2.05, 4.69) is 60.7 Å². The summed E-state index contributed by atoms with van der Waals surface area (Å²) in [6.07, 6.45) is 2.79. The summed E-state index contributed by atoms with van der Waals surface area (Å²) in [7, 11) is 0.415. The molecule has 0 unspecified atom stereocenters. The zero-order chi connectivity index (χ0) is 15.0. The monoisotopic (exact) mass is 438 g/mol. The standard InChI is InChI=1S/C16H37NP2.2ClH.Cu/c1-13(2)18(14(3)4)11-9-17-10-12-19(15(5)6)16(7)8;;;/h13-17H,9-12H2,1-8H3;2*1H;/q;;;+2/p-2. The van der Waals surface area contributed by atoms with Crippen molar-refractivity contribution in [2.45, 2.75) is 78.0 Å². The molecule has 0 aliphatic carbocycles. The van der Waals surface area contributed by atoms with E-state index < -0.39 is 0 Å². The Balaban J connectivity index is -0.000000540. The van der Waals surface area contributed by atoms with Gasteiger partial charge in [-0.15, -0.1) is 15.8 Å². The van der Waals surface area contributed by atoms with Crippen molar-refractivity contribution >= 4 is 15.8 Å². The van der Waals surface area contributed by atoms with Crippen LogP contribution in [0.15, 0.2) is 0 Å². The summed E-state index contributed by atoms with van der Waals surface area (Å²) in [5, 5.41) is 3.70. The first-order valence-electron chi connectivity index (χ1n) is 7.99. The summed E-state index contributed by atoms with van der Waals surface area (Å²) in [5.74, 6) is 0. The second kappa shape index (κ2) is 17.7. The molecule has 0 aromatic rings. The van der Waals surface area contributed by atoms with Gasteiger partial charge in [-0.1, -0.05) is 55.4 Å². The van der Waals surface area contributed by atoms with Crippen LogP contribution in [-0.2, 0) is 17.1 Å². The third-order valence-electron chi connectivity index (χ3n) is 3.75. The average molecular weight is 440 g/mol. The van der Waals surface area contributed by atoms with Crippen LogP contribution < -0.4 is 30.1 Å². The topological polar surface area (TPSA) is 12.0 Å². The van der Waals surface area contributed by atoms with E-state index in [-0.39, 0.29) is 57.7 Å². The molecule has 0 spiro atoms. The van der Waals surface area contributed by atoms with Gasteiger partial charge in [0.15, 0.2) is 0 Å². The van der Waals surface area contributed by atoms with Gasteiger partial charge in [-0.2, -0.15) is 0 Å². The molecule has 1 nitrogen and oxygen atoms in total. The average Bonchev–Trinajstić information content (AvgIpc) is 2.25. The van der Waals surface area contributed by atoms with Crippen molar-refractivity contribution in [1.82, 2.24) is 5.32 Å². The van der Waals surface area contributed by atoms with E-state index in [9.17, 15) is 0 Å². The Morgan fingerprint density at radius 1 is 0.591 bits per heavy atom. The number of hydrogen-bond donors (Lipinski definition) is 1. The number of nitrogens with one attached hydrogen (secondary N) is 1. The van der Waals surface area contributed by atoms with Crippen molar-refractivity contribution in [3.8, 4) is 0 Å². The third-order valence-corrected chi connectivity index (χ3v) is 10.5. The van der Waals surface area contributed by atoms with E-state index in [4.69, 9.17) is 0 Å². The van der Waals surface area contributed by atoms with E-state index in [0.29, 0.717) is 0 Å². The fourth-order valence-electron chi connectivity index (χ4n) is 2.77. The minimum absolute atomic E-state index is 0. The van der Waals surface area contributed by atoms with Gasteiger partial charge in [-0.3, -0.25) is 0 Å². The minimum atomic E-state index is 0. The zero-order valence-corrected chi connectivity index (χ0v) is 19.8. The van der Waals surface area contributed by atoms with Gasteiger partial charge in [0.05, 0.1) is 0 Å². The molecule has 6 heteroatoms. The van der Waals surface area contributed by atoms with Gasteiger partial charge < -0.3 is 30.1 Å². The van der Waals surface area contributed by atoms with E-state index in [1.54, 1.807) is 0 Å². The Kier molecular flexibility index (Phi) is 25.5. The van der Waals surface area contributed by atoms with Crippen LogP contribution in [0.4, 0.5) is 0 Å². The Labute approximate surface area is 166 Å². The van der Waals surface area contributed by atoms with E-state index in [1.807, 2.05) is 0 Å². The second-order valence-corrected chi connectivity index (χ2v) is 13.7. The predicted octanol–water partition coefficient (Wildman–Crippen LogP) is -0.821. The molecule has 0 aromatic carbocycles. The Hall–Kier alpha value is 1.92. The predicted molar refractivity (Wildman–Crippen MR) is 97.0 cm³/mol. The van der Waals surface area contributed by atoms with Crippen molar-refractivity contribution < 1.29 is 41.9 Å². The maximum atomic E-state index is 3.70. The van der Waals surface area contributed by atoms with Crippen LogP contribution in [0, 0.1) is 0 Å². The fraction of sp³-hybridized carbons (Fsp3) is 1.00. The molecular weight excluding hydrogens is 403 g/mol. The van der Waals surface area contributed by atoms with Crippen LogP contribution in [0.3, 0.4) is 0 Å². The molecular formula is C16H37Cl2CuNP2. The molecule has 1 N–H and O–H groups in total. The smallest absolute Gasteiger partial charge is 1.00 e. The van der Waals surface area contributed by atoms with Crippen LogP contribution >= 0.6 is 15.8 Å². The summed E-state index contributed by atoms with van der Waals surface area (Å²) in [5.41, 5.74) is 3.50. The molecule has 0 saturated heterocycles. The molecule has 141 valence electrons. The number of hydrogen-bond acceptors (Lipinski definition) is 1. The fourth-order valence-corrected chi connectivity index (χ4v) is 8.05. The van der Waals surface area contributed by atoms with Crippen molar-refractivity contribution in [2.75, 3.05) is 25.4 Å². The Bertz CT molecular complexity index is 192. The molecule has 0 aliphatic rings. The molecule has 0 bridgehead atoms. The van der Waals surface area contributed by atoms with Crippen molar-refractivity contribution in [3.05, 3.63) is 0 Å². The van der Waals surface area contributed by atoms with E-state index in [1.165, 1.54) is 25.4 Å². The summed E-state index contributed by atoms with van der Waals surface area (Å²) < 4.78 is 0. The summed E-state index contributed by atoms with van der Waals surface area (Å²) >= 11 is 0. The normalized spacial score (nSPS) is 11.2. The first-order valence-corrected chi connectivity index (χ1v) is 11.3. The first-order chi connectivity index (χ1) is 8.77. The maximum absolute atomic E-state index is 3.70. The first kappa shape index (κ1) is 31.7. The molecule has 0 fully saturated rings. The molecule has 1 radical (unpaired) electrons. The van der Waals surface area contributed by atoms with Gasteiger partial charge in [0, 0.05) is 0 Å². The van der Waals surface area contributed by atoms with Gasteiger partial charge in [-0.05, 0) is 48.0 Å². The van der Waals surface area contributed by atoms with E-state index in [0.717, 1.165) is 22.6 Å². The van der Waals surface area contributed by atoms with Crippen molar-refractivity contribution in [1.29, 1.82) is 0 Å². The molecule has 22 heavy (non-hydrogen) atoms. The summed E-state index contributed by atoms with van der Waals surface area (Å²) in [6.45, 7) is 21.6. The summed E-state index contributed by atoms with van der Waals surface area (Å²) in [4.78, 5) is 0. The molecule has 0 rings (SSSR count).